The van der Waals surface area contributed by atoms with Crippen LogP contribution in [0.15, 0.2) is 18.2 Å². The van der Waals surface area contributed by atoms with Crippen molar-refractivity contribution in [2.24, 2.45) is 0 Å². The zero-order valence-electron chi connectivity index (χ0n) is 9.65. The molecular formula is C13H20ClN. The summed E-state index contributed by atoms with van der Waals surface area (Å²) in [5.74, 6) is 0. The minimum absolute atomic E-state index is 0.883. The van der Waals surface area contributed by atoms with Crippen molar-refractivity contribution in [3.63, 3.8) is 0 Å². The molecular weight excluding hydrogens is 206 g/mol. The van der Waals surface area contributed by atoms with Crippen LogP contribution in [-0.2, 0) is 6.42 Å². The van der Waals surface area contributed by atoms with E-state index < -0.39 is 0 Å². The standard InChI is InChI=1S/C13H20ClN/c1-3-8-15-9-4-5-12-7-6-11(2)13(14)10-12/h6-7,10,15H,3-5,8-9H2,1-2H3. The Kier molecular flexibility index (Phi) is 5.74. The van der Waals surface area contributed by atoms with E-state index in [2.05, 4.69) is 30.4 Å². The molecule has 1 N–H and O–H groups in total. The Balaban J connectivity index is 2.28. The molecule has 0 amide bonds. The van der Waals surface area contributed by atoms with Crippen molar-refractivity contribution in [1.29, 1.82) is 0 Å². The Morgan fingerprint density at radius 3 is 2.73 bits per heavy atom. The number of aryl methyl sites for hydroxylation is 2. The van der Waals surface area contributed by atoms with Gasteiger partial charge in [-0.05, 0) is 56.5 Å². The maximum atomic E-state index is 6.06. The summed E-state index contributed by atoms with van der Waals surface area (Å²) in [5.41, 5.74) is 2.49. The number of halogens is 1. The summed E-state index contributed by atoms with van der Waals surface area (Å²) in [6.07, 6.45) is 3.49. The van der Waals surface area contributed by atoms with E-state index in [0.29, 0.717) is 0 Å². The van der Waals surface area contributed by atoms with Crippen LogP contribution in [0.25, 0.3) is 0 Å². The number of benzene rings is 1. The Hall–Kier alpha value is -0.530. The van der Waals surface area contributed by atoms with Gasteiger partial charge in [-0.25, -0.2) is 0 Å². The van der Waals surface area contributed by atoms with Gasteiger partial charge in [-0.1, -0.05) is 30.7 Å². The van der Waals surface area contributed by atoms with Crippen LogP contribution in [0.1, 0.15) is 30.9 Å². The number of hydrogen-bond acceptors (Lipinski definition) is 1. The Labute approximate surface area is 97.8 Å². The largest absolute Gasteiger partial charge is 0.317 e. The third-order valence-corrected chi connectivity index (χ3v) is 2.89. The molecule has 0 atom stereocenters. The van der Waals surface area contributed by atoms with Crippen LogP contribution in [0.5, 0.6) is 0 Å². The topological polar surface area (TPSA) is 12.0 Å². The van der Waals surface area contributed by atoms with Gasteiger partial charge in [0.1, 0.15) is 0 Å². The molecule has 2 heteroatoms. The molecule has 0 spiro atoms. The van der Waals surface area contributed by atoms with Gasteiger partial charge < -0.3 is 5.32 Å². The van der Waals surface area contributed by atoms with E-state index in [1.54, 1.807) is 0 Å². The molecule has 0 aromatic heterocycles. The summed E-state index contributed by atoms with van der Waals surface area (Å²) in [5, 5.41) is 4.28. The fourth-order valence-corrected chi connectivity index (χ4v) is 1.71. The van der Waals surface area contributed by atoms with Gasteiger partial charge in [0.05, 0.1) is 0 Å². The Morgan fingerprint density at radius 2 is 2.07 bits per heavy atom. The van der Waals surface area contributed by atoms with Gasteiger partial charge >= 0.3 is 0 Å². The molecule has 0 heterocycles. The lowest BCUT2D eigenvalue weighted by atomic mass is 10.1. The predicted octanol–water partition coefficient (Wildman–Crippen LogP) is 3.58. The van der Waals surface area contributed by atoms with Crippen molar-refractivity contribution in [2.45, 2.75) is 33.1 Å². The van der Waals surface area contributed by atoms with Crippen molar-refractivity contribution < 1.29 is 0 Å². The van der Waals surface area contributed by atoms with Gasteiger partial charge in [-0.3, -0.25) is 0 Å². The van der Waals surface area contributed by atoms with Crippen molar-refractivity contribution in [3.8, 4) is 0 Å². The molecule has 1 rings (SSSR count). The summed E-state index contributed by atoms with van der Waals surface area (Å²) in [6.45, 7) is 6.44. The maximum Gasteiger partial charge on any atom is 0.0437 e. The summed E-state index contributed by atoms with van der Waals surface area (Å²) in [6, 6.07) is 6.34. The molecule has 0 saturated carbocycles. The fourth-order valence-electron chi connectivity index (χ4n) is 1.51. The van der Waals surface area contributed by atoms with Crippen molar-refractivity contribution in [1.82, 2.24) is 5.32 Å². The van der Waals surface area contributed by atoms with Gasteiger partial charge in [-0.15, -0.1) is 0 Å². The van der Waals surface area contributed by atoms with Crippen molar-refractivity contribution in [2.75, 3.05) is 13.1 Å². The maximum absolute atomic E-state index is 6.06. The molecule has 15 heavy (non-hydrogen) atoms. The van der Waals surface area contributed by atoms with Gasteiger partial charge in [0.25, 0.3) is 0 Å². The monoisotopic (exact) mass is 225 g/mol. The van der Waals surface area contributed by atoms with Crippen LogP contribution in [-0.4, -0.2) is 13.1 Å². The molecule has 1 nitrogen and oxygen atoms in total. The number of hydrogen-bond donors (Lipinski definition) is 1. The molecule has 0 unspecified atom stereocenters. The van der Waals surface area contributed by atoms with E-state index in [1.165, 1.54) is 18.4 Å². The molecule has 84 valence electrons. The second-order valence-corrected chi connectivity index (χ2v) is 4.34. The van der Waals surface area contributed by atoms with Gasteiger partial charge in [0.15, 0.2) is 0 Å². The average Bonchev–Trinajstić information content (AvgIpc) is 2.23. The molecule has 1 aromatic rings. The highest BCUT2D eigenvalue weighted by Gasteiger charge is 1.97. The highest BCUT2D eigenvalue weighted by atomic mass is 35.5. The van der Waals surface area contributed by atoms with Crippen LogP contribution in [0, 0.1) is 6.92 Å². The first kappa shape index (κ1) is 12.5. The van der Waals surface area contributed by atoms with Crippen LogP contribution in [0.3, 0.4) is 0 Å². The van der Waals surface area contributed by atoms with E-state index in [-0.39, 0.29) is 0 Å². The van der Waals surface area contributed by atoms with Crippen LogP contribution >= 0.6 is 11.6 Å². The molecule has 0 aliphatic heterocycles. The van der Waals surface area contributed by atoms with E-state index in [9.17, 15) is 0 Å². The molecule has 0 aliphatic carbocycles. The molecule has 0 fully saturated rings. The van der Waals surface area contributed by atoms with Crippen molar-refractivity contribution >= 4 is 11.6 Å². The minimum atomic E-state index is 0.883. The highest BCUT2D eigenvalue weighted by molar-refractivity contribution is 6.31. The molecule has 0 bridgehead atoms. The van der Waals surface area contributed by atoms with E-state index in [4.69, 9.17) is 11.6 Å². The second-order valence-electron chi connectivity index (χ2n) is 3.94. The predicted molar refractivity (Wildman–Crippen MR) is 67.7 cm³/mol. The lowest BCUT2D eigenvalue weighted by molar-refractivity contribution is 0.640. The molecule has 0 saturated heterocycles. The average molecular weight is 226 g/mol. The minimum Gasteiger partial charge on any atom is -0.317 e. The number of nitrogens with one attached hydrogen (secondary N) is 1. The van der Waals surface area contributed by atoms with Gasteiger partial charge in [0.2, 0.25) is 0 Å². The third-order valence-electron chi connectivity index (χ3n) is 2.48. The molecule has 0 radical (unpaired) electrons. The van der Waals surface area contributed by atoms with Gasteiger partial charge in [0, 0.05) is 5.02 Å². The van der Waals surface area contributed by atoms with E-state index in [0.717, 1.165) is 30.1 Å². The quantitative estimate of drug-likeness (QED) is 0.730. The summed E-state index contributed by atoms with van der Waals surface area (Å²) < 4.78 is 0. The third kappa shape index (κ3) is 4.67. The van der Waals surface area contributed by atoms with Crippen LogP contribution in [0.2, 0.25) is 5.02 Å². The van der Waals surface area contributed by atoms with E-state index in [1.807, 2.05) is 6.92 Å². The van der Waals surface area contributed by atoms with Crippen molar-refractivity contribution in [3.05, 3.63) is 34.3 Å². The summed E-state index contributed by atoms with van der Waals surface area (Å²) in [7, 11) is 0. The first-order chi connectivity index (χ1) is 7.24. The highest BCUT2D eigenvalue weighted by Crippen LogP contribution is 2.17. The lowest BCUT2D eigenvalue weighted by Gasteiger charge is -2.05. The second kappa shape index (κ2) is 6.86. The lowest BCUT2D eigenvalue weighted by Crippen LogP contribution is -2.16. The Morgan fingerprint density at radius 1 is 1.27 bits per heavy atom. The SMILES string of the molecule is CCCNCCCc1ccc(C)c(Cl)c1. The van der Waals surface area contributed by atoms with Crippen LogP contribution < -0.4 is 5.32 Å². The normalized spacial score (nSPS) is 10.6. The van der Waals surface area contributed by atoms with E-state index >= 15 is 0 Å². The smallest absolute Gasteiger partial charge is 0.0437 e. The Bertz CT molecular complexity index is 297. The van der Waals surface area contributed by atoms with Crippen LogP contribution in [0.4, 0.5) is 0 Å². The summed E-state index contributed by atoms with van der Waals surface area (Å²) >= 11 is 6.06. The first-order valence-electron chi connectivity index (χ1n) is 5.69. The summed E-state index contributed by atoms with van der Waals surface area (Å²) in [4.78, 5) is 0. The first-order valence-corrected chi connectivity index (χ1v) is 6.07. The molecule has 1 aromatic carbocycles. The zero-order valence-corrected chi connectivity index (χ0v) is 10.4. The zero-order chi connectivity index (χ0) is 11.1. The van der Waals surface area contributed by atoms with Gasteiger partial charge in [-0.2, -0.15) is 0 Å². The number of rotatable bonds is 6. The fraction of sp³-hybridized carbons (Fsp3) is 0.538. The molecule has 0 aliphatic rings.